The molecule has 2 rings (SSSR count). The van der Waals surface area contributed by atoms with Gasteiger partial charge in [0.2, 0.25) is 0 Å². The predicted octanol–water partition coefficient (Wildman–Crippen LogP) is 3.32. The molecule has 1 aromatic heterocycles. The Morgan fingerprint density at radius 2 is 1.80 bits per heavy atom. The molecule has 0 unspecified atom stereocenters. The first-order chi connectivity index (χ1) is 12.1. The molecule has 0 spiro atoms. The zero-order valence-electron chi connectivity index (χ0n) is 16.1. The molecular formula is C20H30N4O. The molecule has 0 radical (unpaired) electrons. The van der Waals surface area contributed by atoms with Crippen molar-refractivity contribution in [1.29, 1.82) is 0 Å². The molecule has 0 amide bonds. The van der Waals surface area contributed by atoms with Crippen LogP contribution in [-0.4, -0.2) is 24.7 Å². The SMILES string of the molecule is CCc1noc(CC)c1CNC(=NC)NCCc1cc(C)cc(C)c1. The molecule has 0 aliphatic heterocycles. The van der Waals surface area contributed by atoms with Gasteiger partial charge in [0.1, 0.15) is 5.76 Å². The highest BCUT2D eigenvalue weighted by atomic mass is 16.5. The monoisotopic (exact) mass is 342 g/mol. The van der Waals surface area contributed by atoms with E-state index >= 15 is 0 Å². The van der Waals surface area contributed by atoms with Crippen molar-refractivity contribution in [2.24, 2.45) is 4.99 Å². The maximum atomic E-state index is 5.41. The van der Waals surface area contributed by atoms with Crippen molar-refractivity contribution in [3.63, 3.8) is 0 Å². The lowest BCUT2D eigenvalue weighted by molar-refractivity contribution is 0.380. The van der Waals surface area contributed by atoms with Crippen LogP contribution in [0.4, 0.5) is 0 Å². The zero-order chi connectivity index (χ0) is 18.2. The van der Waals surface area contributed by atoms with Gasteiger partial charge in [0.25, 0.3) is 0 Å². The van der Waals surface area contributed by atoms with Gasteiger partial charge in [-0.1, -0.05) is 48.3 Å². The summed E-state index contributed by atoms with van der Waals surface area (Å²) in [5.74, 6) is 1.75. The number of hydrogen-bond donors (Lipinski definition) is 2. The van der Waals surface area contributed by atoms with E-state index in [1.807, 2.05) is 0 Å². The summed E-state index contributed by atoms with van der Waals surface area (Å²) in [6, 6.07) is 6.68. The molecule has 1 aromatic carbocycles. The highest BCUT2D eigenvalue weighted by Crippen LogP contribution is 2.15. The minimum Gasteiger partial charge on any atom is -0.361 e. The summed E-state index contributed by atoms with van der Waals surface area (Å²) in [6.07, 6.45) is 2.69. The quantitative estimate of drug-likeness (QED) is 0.598. The second kappa shape index (κ2) is 9.25. The molecule has 0 fully saturated rings. The van der Waals surface area contributed by atoms with E-state index in [4.69, 9.17) is 4.52 Å². The average molecular weight is 342 g/mol. The number of aliphatic imine (C=N–C) groups is 1. The molecule has 0 aliphatic rings. The van der Waals surface area contributed by atoms with Gasteiger partial charge in [-0.05, 0) is 32.3 Å². The fraction of sp³-hybridized carbons (Fsp3) is 0.500. The molecule has 0 saturated heterocycles. The lowest BCUT2D eigenvalue weighted by atomic mass is 10.1. The van der Waals surface area contributed by atoms with Crippen LogP contribution in [0.5, 0.6) is 0 Å². The van der Waals surface area contributed by atoms with Crippen LogP contribution in [0.3, 0.4) is 0 Å². The van der Waals surface area contributed by atoms with Crippen LogP contribution >= 0.6 is 0 Å². The van der Waals surface area contributed by atoms with Crippen LogP contribution in [-0.2, 0) is 25.8 Å². The van der Waals surface area contributed by atoms with Crippen molar-refractivity contribution >= 4 is 5.96 Å². The second-order valence-electron chi connectivity index (χ2n) is 6.34. The Balaban J connectivity index is 1.88. The van der Waals surface area contributed by atoms with Gasteiger partial charge in [0.05, 0.1) is 5.69 Å². The number of nitrogens with zero attached hydrogens (tertiary/aromatic N) is 2. The molecule has 0 atom stereocenters. The molecular weight excluding hydrogens is 312 g/mol. The first-order valence-corrected chi connectivity index (χ1v) is 9.05. The van der Waals surface area contributed by atoms with Gasteiger partial charge in [0.15, 0.2) is 5.96 Å². The van der Waals surface area contributed by atoms with Crippen molar-refractivity contribution in [3.8, 4) is 0 Å². The van der Waals surface area contributed by atoms with Crippen molar-refractivity contribution < 1.29 is 4.52 Å². The molecule has 1 heterocycles. The summed E-state index contributed by atoms with van der Waals surface area (Å²) in [4.78, 5) is 4.31. The fourth-order valence-corrected chi connectivity index (χ4v) is 3.07. The van der Waals surface area contributed by atoms with Crippen LogP contribution in [0.2, 0.25) is 0 Å². The third-order valence-electron chi connectivity index (χ3n) is 4.25. The van der Waals surface area contributed by atoms with Gasteiger partial charge in [-0.2, -0.15) is 0 Å². The average Bonchev–Trinajstić information content (AvgIpc) is 2.99. The van der Waals surface area contributed by atoms with Crippen molar-refractivity contribution in [3.05, 3.63) is 51.9 Å². The van der Waals surface area contributed by atoms with Gasteiger partial charge in [0, 0.05) is 32.1 Å². The van der Waals surface area contributed by atoms with Crippen LogP contribution in [0.1, 0.15) is 47.6 Å². The van der Waals surface area contributed by atoms with E-state index in [1.54, 1.807) is 7.05 Å². The number of aryl methyl sites for hydroxylation is 4. The number of hydrogen-bond acceptors (Lipinski definition) is 3. The second-order valence-corrected chi connectivity index (χ2v) is 6.34. The normalized spacial score (nSPS) is 11.6. The molecule has 0 saturated carbocycles. The van der Waals surface area contributed by atoms with Crippen LogP contribution in [0.15, 0.2) is 27.7 Å². The van der Waals surface area contributed by atoms with Gasteiger partial charge in [-0.25, -0.2) is 0 Å². The van der Waals surface area contributed by atoms with E-state index in [2.05, 4.69) is 66.7 Å². The third-order valence-corrected chi connectivity index (χ3v) is 4.25. The van der Waals surface area contributed by atoms with Gasteiger partial charge in [-0.3, -0.25) is 4.99 Å². The number of benzene rings is 1. The summed E-state index contributed by atoms with van der Waals surface area (Å²) < 4.78 is 5.41. The van der Waals surface area contributed by atoms with E-state index in [0.717, 1.165) is 48.8 Å². The smallest absolute Gasteiger partial charge is 0.191 e. The first kappa shape index (κ1) is 19.0. The van der Waals surface area contributed by atoms with Crippen LogP contribution in [0, 0.1) is 13.8 Å². The third kappa shape index (κ3) is 5.34. The Morgan fingerprint density at radius 1 is 1.08 bits per heavy atom. The lowest BCUT2D eigenvalue weighted by Gasteiger charge is -2.12. The maximum Gasteiger partial charge on any atom is 0.191 e. The van der Waals surface area contributed by atoms with Gasteiger partial charge >= 0.3 is 0 Å². The molecule has 5 nitrogen and oxygen atoms in total. The summed E-state index contributed by atoms with van der Waals surface area (Å²) >= 11 is 0. The lowest BCUT2D eigenvalue weighted by Crippen LogP contribution is -2.38. The Bertz CT molecular complexity index is 677. The summed E-state index contributed by atoms with van der Waals surface area (Å²) in [5, 5.41) is 10.9. The van der Waals surface area contributed by atoms with Crippen molar-refractivity contribution in [2.45, 2.75) is 53.5 Å². The summed E-state index contributed by atoms with van der Waals surface area (Å²) in [7, 11) is 1.79. The summed E-state index contributed by atoms with van der Waals surface area (Å²) in [6.45, 7) is 9.98. The molecule has 5 heteroatoms. The number of nitrogens with one attached hydrogen (secondary N) is 2. The standard InChI is InChI=1S/C20H30N4O/c1-6-18-17(19(7-2)25-24-18)13-23-20(21-5)22-9-8-16-11-14(3)10-15(4)12-16/h10-12H,6-9,13H2,1-5H3,(H2,21,22,23). The Labute approximate surface area is 150 Å². The fourth-order valence-electron chi connectivity index (χ4n) is 3.07. The Hall–Kier alpha value is -2.30. The number of guanidine groups is 1. The first-order valence-electron chi connectivity index (χ1n) is 9.05. The number of rotatable bonds is 7. The van der Waals surface area contributed by atoms with E-state index in [0.29, 0.717) is 6.54 Å². The highest BCUT2D eigenvalue weighted by molar-refractivity contribution is 5.79. The maximum absolute atomic E-state index is 5.41. The molecule has 2 aromatic rings. The van der Waals surface area contributed by atoms with Crippen molar-refractivity contribution in [2.75, 3.05) is 13.6 Å². The number of aromatic nitrogens is 1. The summed E-state index contributed by atoms with van der Waals surface area (Å²) in [5.41, 5.74) is 6.15. The minimum atomic E-state index is 0.680. The molecule has 136 valence electrons. The van der Waals surface area contributed by atoms with Crippen molar-refractivity contribution in [1.82, 2.24) is 15.8 Å². The van der Waals surface area contributed by atoms with Crippen LogP contribution < -0.4 is 10.6 Å². The highest BCUT2D eigenvalue weighted by Gasteiger charge is 2.13. The molecule has 0 aliphatic carbocycles. The van der Waals surface area contributed by atoms with E-state index in [-0.39, 0.29) is 0 Å². The van der Waals surface area contributed by atoms with Gasteiger partial charge in [-0.15, -0.1) is 0 Å². The van der Waals surface area contributed by atoms with E-state index in [1.165, 1.54) is 16.7 Å². The molecule has 0 bridgehead atoms. The van der Waals surface area contributed by atoms with E-state index < -0.39 is 0 Å². The largest absolute Gasteiger partial charge is 0.361 e. The minimum absolute atomic E-state index is 0.680. The topological polar surface area (TPSA) is 62.5 Å². The van der Waals surface area contributed by atoms with Crippen LogP contribution in [0.25, 0.3) is 0 Å². The Kier molecular flexibility index (Phi) is 7.04. The Morgan fingerprint density at radius 3 is 2.40 bits per heavy atom. The van der Waals surface area contributed by atoms with Gasteiger partial charge < -0.3 is 15.2 Å². The molecule has 2 N–H and O–H groups in total. The van der Waals surface area contributed by atoms with E-state index in [9.17, 15) is 0 Å². The molecule has 25 heavy (non-hydrogen) atoms. The predicted molar refractivity (Wildman–Crippen MR) is 103 cm³/mol. The zero-order valence-corrected chi connectivity index (χ0v) is 16.1.